The van der Waals surface area contributed by atoms with E-state index in [-0.39, 0.29) is 11.8 Å². The zero-order valence-electron chi connectivity index (χ0n) is 19.5. The number of aromatic nitrogens is 1. The zero-order valence-corrected chi connectivity index (χ0v) is 19.5. The third-order valence-electron chi connectivity index (χ3n) is 5.99. The van der Waals surface area contributed by atoms with Gasteiger partial charge < -0.3 is 19.7 Å². The number of ether oxygens (including phenoxy) is 2. The lowest BCUT2D eigenvalue weighted by atomic mass is 9.93. The predicted octanol–water partition coefficient (Wildman–Crippen LogP) is 5.31. The molecule has 1 atom stereocenters. The van der Waals surface area contributed by atoms with Crippen LogP contribution in [0.25, 0.3) is 0 Å². The Bertz CT molecular complexity index is 1080. The number of aryl methyl sites for hydroxylation is 1. The highest BCUT2D eigenvalue weighted by atomic mass is 16.5. The van der Waals surface area contributed by atoms with E-state index >= 15 is 0 Å². The first-order chi connectivity index (χ1) is 16.1. The molecule has 2 aromatic carbocycles. The van der Waals surface area contributed by atoms with Crippen molar-refractivity contribution in [2.75, 3.05) is 32.6 Å². The Morgan fingerprint density at radius 3 is 2.52 bits per heavy atom. The fourth-order valence-electron chi connectivity index (χ4n) is 4.31. The van der Waals surface area contributed by atoms with Crippen molar-refractivity contribution in [3.63, 3.8) is 0 Å². The number of likely N-dealkylation sites (tertiary alicyclic amines) is 1. The molecule has 6 nitrogen and oxygen atoms in total. The summed E-state index contributed by atoms with van der Waals surface area (Å²) in [5.74, 6) is 1.12. The second kappa shape index (κ2) is 10.5. The second-order valence-corrected chi connectivity index (χ2v) is 8.50. The van der Waals surface area contributed by atoms with E-state index in [9.17, 15) is 4.79 Å². The van der Waals surface area contributed by atoms with Crippen LogP contribution in [0.4, 0.5) is 11.4 Å². The summed E-state index contributed by atoms with van der Waals surface area (Å²) in [7, 11) is 3.33. The van der Waals surface area contributed by atoms with E-state index < -0.39 is 0 Å². The molecule has 1 unspecified atom stereocenters. The van der Waals surface area contributed by atoms with Gasteiger partial charge in [-0.3, -0.25) is 9.78 Å². The monoisotopic (exact) mass is 445 g/mol. The van der Waals surface area contributed by atoms with E-state index in [2.05, 4.69) is 11.4 Å². The van der Waals surface area contributed by atoms with Gasteiger partial charge >= 0.3 is 0 Å². The summed E-state index contributed by atoms with van der Waals surface area (Å²) < 4.78 is 10.4. The minimum absolute atomic E-state index is 0.0768. The molecular formula is C27H31N3O3. The average Bonchev–Trinajstić information content (AvgIpc) is 2.84. The van der Waals surface area contributed by atoms with E-state index in [0.29, 0.717) is 13.2 Å². The molecule has 1 aliphatic rings. The van der Waals surface area contributed by atoms with Crippen LogP contribution in [0.15, 0.2) is 60.7 Å². The number of carbonyl (C=O) groups excluding carboxylic acids is 1. The SMILES string of the molecule is COCc1ccc(C(=O)N2CCCC(c3cc(Nc4ccc(OC)cc4)cc(C)n3)C2)cc1. The maximum absolute atomic E-state index is 13.1. The highest BCUT2D eigenvalue weighted by molar-refractivity contribution is 5.94. The molecule has 1 N–H and O–H groups in total. The van der Waals surface area contributed by atoms with Gasteiger partial charge in [-0.15, -0.1) is 0 Å². The molecular weight excluding hydrogens is 414 g/mol. The van der Waals surface area contributed by atoms with Gasteiger partial charge in [0.15, 0.2) is 0 Å². The van der Waals surface area contributed by atoms with E-state index in [1.54, 1.807) is 14.2 Å². The van der Waals surface area contributed by atoms with Crippen LogP contribution >= 0.6 is 0 Å². The van der Waals surface area contributed by atoms with Gasteiger partial charge in [0.05, 0.1) is 13.7 Å². The molecule has 0 saturated carbocycles. The van der Waals surface area contributed by atoms with Crippen molar-refractivity contribution in [1.29, 1.82) is 0 Å². The minimum Gasteiger partial charge on any atom is -0.497 e. The summed E-state index contributed by atoms with van der Waals surface area (Å²) in [5.41, 5.74) is 5.75. The molecule has 0 aliphatic carbocycles. The molecule has 1 fully saturated rings. The number of anilines is 2. The second-order valence-electron chi connectivity index (χ2n) is 8.50. The number of piperidine rings is 1. The van der Waals surface area contributed by atoms with Crippen LogP contribution in [0, 0.1) is 6.92 Å². The maximum atomic E-state index is 13.1. The smallest absolute Gasteiger partial charge is 0.253 e. The lowest BCUT2D eigenvalue weighted by Gasteiger charge is -2.33. The summed E-state index contributed by atoms with van der Waals surface area (Å²) in [6.45, 7) is 4.01. The summed E-state index contributed by atoms with van der Waals surface area (Å²) in [4.78, 5) is 19.9. The van der Waals surface area contributed by atoms with Gasteiger partial charge in [-0.05, 0) is 73.9 Å². The number of nitrogens with zero attached hydrogens (tertiary/aromatic N) is 2. The number of pyridine rings is 1. The molecule has 3 aromatic rings. The van der Waals surface area contributed by atoms with Crippen LogP contribution in [0.3, 0.4) is 0 Å². The molecule has 0 radical (unpaired) electrons. The Kier molecular flexibility index (Phi) is 7.25. The molecule has 1 saturated heterocycles. The van der Waals surface area contributed by atoms with Gasteiger partial charge in [0, 0.05) is 54.4 Å². The summed E-state index contributed by atoms with van der Waals surface area (Å²) >= 11 is 0. The van der Waals surface area contributed by atoms with Gasteiger partial charge in [-0.1, -0.05) is 12.1 Å². The van der Waals surface area contributed by atoms with Gasteiger partial charge in [-0.2, -0.15) is 0 Å². The topological polar surface area (TPSA) is 63.7 Å². The summed E-state index contributed by atoms with van der Waals surface area (Å²) in [6, 6.07) is 19.7. The van der Waals surface area contributed by atoms with Crippen LogP contribution in [0.5, 0.6) is 5.75 Å². The molecule has 1 aliphatic heterocycles. The highest BCUT2D eigenvalue weighted by Gasteiger charge is 2.26. The number of benzene rings is 2. The van der Waals surface area contributed by atoms with Gasteiger partial charge in [-0.25, -0.2) is 0 Å². The fraction of sp³-hybridized carbons (Fsp3) is 0.333. The first-order valence-corrected chi connectivity index (χ1v) is 11.3. The van der Waals surface area contributed by atoms with Crippen molar-refractivity contribution in [3.8, 4) is 5.75 Å². The molecule has 172 valence electrons. The first kappa shape index (κ1) is 22.8. The fourth-order valence-corrected chi connectivity index (χ4v) is 4.31. The zero-order chi connectivity index (χ0) is 23.2. The number of hydrogen-bond donors (Lipinski definition) is 1. The Balaban J connectivity index is 1.47. The minimum atomic E-state index is 0.0768. The Morgan fingerprint density at radius 2 is 1.82 bits per heavy atom. The third-order valence-corrected chi connectivity index (χ3v) is 5.99. The summed E-state index contributed by atoms with van der Waals surface area (Å²) in [5, 5.41) is 3.46. The number of nitrogens with one attached hydrogen (secondary N) is 1. The van der Waals surface area contributed by atoms with Crippen LogP contribution < -0.4 is 10.1 Å². The maximum Gasteiger partial charge on any atom is 0.253 e. The van der Waals surface area contributed by atoms with E-state index in [1.807, 2.05) is 66.4 Å². The van der Waals surface area contributed by atoms with Crippen molar-refractivity contribution in [2.24, 2.45) is 0 Å². The third kappa shape index (κ3) is 5.71. The van der Waals surface area contributed by atoms with E-state index in [1.165, 1.54) is 0 Å². The Morgan fingerprint density at radius 1 is 1.06 bits per heavy atom. The highest BCUT2D eigenvalue weighted by Crippen LogP contribution is 2.30. The van der Waals surface area contributed by atoms with Crippen molar-refractivity contribution in [3.05, 3.63) is 83.2 Å². The molecule has 6 heteroatoms. The average molecular weight is 446 g/mol. The Hall–Kier alpha value is -3.38. The van der Waals surface area contributed by atoms with E-state index in [4.69, 9.17) is 14.5 Å². The predicted molar refractivity (Wildman–Crippen MR) is 130 cm³/mol. The molecule has 0 spiro atoms. The van der Waals surface area contributed by atoms with Crippen LogP contribution in [-0.2, 0) is 11.3 Å². The number of rotatable bonds is 7. The van der Waals surface area contributed by atoms with E-state index in [0.717, 1.165) is 59.0 Å². The largest absolute Gasteiger partial charge is 0.497 e. The van der Waals surface area contributed by atoms with Crippen LogP contribution in [0.1, 0.15) is 46.1 Å². The van der Waals surface area contributed by atoms with Crippen molar-refractivity contribution in [2.45, 2.75) is 32.3 Å². The normalized spacial score (nSPS) is 15.8. The quantitative estimate of drug-likeness (QED) is 0.534. The van der Waals surface area contributed by atoms with Gasteiger partial charge in [0.1, 0.15) is 5.75 Å². The number of hydrogen-bond acceptors (Lipinski definition) is 5. The molecule has 1 aromatic heterocycles. The molecule has 0 bridgehead atoms. The van der Waals surface area contributed by atoms with Crippen molar-refractivity contribution < 1.29 is 14.3 Å². The van der Waals surface area contributed by atoms with Crippen LogP contribution in [-0.4, -0.2) is 43.1 Å². The first-order valence-electron chi connectivity index (χ1n) is 11.3. The van der Waals surface area contributed by atoms with Crippen molar-refractivity contribution >= 4 is 17.3 Å². The molecule has 2 heterocycles. The summed E-state index contributed by atoms with van der Waals surface area (Å²) in [6.07, 6.45) is 1.99. The molecule has 1 amide bonds. The van der Waals surface area contributed by atoms with Gasteiger partial charge in [0.2, 0.25) is 0 Å². The lowest BCUT2D eigenvalue weighted by molar-refractivity contribution is 0.0706. The lowest BCUT2D eigenvalue weighted by Crippen LogP contribution is -2.39. The molecule has 4 rings (SSSR count). The van der Waals surface area contributed by atoms with Gasteiger partial charge in [0.25, 0.3) is 5.91 Å². The van der Waals surface area contributed by atoms with Crippen molar-refractivity contribution in [1.82, 2.24) is 9.88 Å². The number of carbonyl (C=O) groups is 1. The Labute approximate surface area is 195 Å². The number of methoxy groups -OCH3 is 2. The van der Waals surface area contributed by atoms with Crippen LogP contribution in [0.2, 0.25) is 0 Å². The number of amides is 1. The molecule has 33 heavy (non-hydrogen) atoms. The standard InChI is InChI=1S/C27H31N3O3/c1-19-15-24(29-23-10-12-25(33-3)13-11-23)16-26(28-19)22-5-4-14-30(17-22)27(31)21-8-6-20(7-9-21)18-32-2/h6-13,15-16,22H,4-5,14,17-18H2,1-3H3,(H,28,29).